The van der Waals surface area contributed by atoms with E-state index >= 15 is 0 Å². The first-order chi connectivity index (χ1) is 10.8. The summed E-state index contributed by atoms with van der Waals surface area (Å²) in [5.41, 5.74) is 2.27. The number of hydrogen-bond acceptors (Lipinski definition) is 4. The van der Waals surface area contributed by atoms with Crippen LogP contribution in [0.2, 0.25) is 0 Å². The fraction of sp³-hybridized carbons (Fsp3) is 0. The van der Waals surface area contributed by atoms with Gasteiger partial charge in [-0.05, 0) is 18.2 Å². The predicted octanol–water partition coefficient (Wildman–Crippen LogP) is 2.85. The number of benzene rings is 2. The standard InChI is InChI=1S/C15H11N3O2.ClH.Cu/c19-13-8-4-1-5-10(13)9-16-18-14-11-6-2-3-7-12(11)17-15(14)20;;/h1-9,19H,(H,17,18,20);1H;/q;;+1/p-1/b16-9+;;. The molecular weight excluding hydrogens is 353 g/mol. The van der Waals surface area contributed by atoms with Gasteiger partial charge in [0.05, 0.1) is 11.9 Å². The van der Waals surface area contributed by atoms with Gasteiger partial charge in [0.2, 0.25) is 0 Å². The van der Waals surface area contributed by atoms with E-state index < -0.39 is 0 Å². The van der Waals surface area contributed by atoms with Crippen molar-refractivity contribution in [1.29, 1.82) is 0 Å². The molecule has 0 atom stereocenters. The minimum absolute atomic E-state index is 0.118. The quantitative estimate of drug-likeness (QED) is 0.489. The molecule has 2 aromatic rings. The van der Waals surface area contributed by atoms with Crippen molar-refractivity contribution in [1.82, 2.24) is 0 Å². The topological polar surface area (TPSA) is 74.0 Å². The van der Waals surface area contributed by atoms with Crippen molar-refractivity contribution in [3.8, 4) is 5.75 Å². The molecule has 1 aliphatic rings. The summed E-state index contributed by atoms with van der Waals surface area (Å²) in [6, 6.07) is 14.1. The Bertz CT molecular complexity index is 747. The molecule has 0 saturated carbocycles. The Labute approximate surface area is 139 Å². The summed E-state index contributed by atoms with van der Waals surface area (Å²) in [4.78, 5) is 11.8. The third-order valence-electron chi connectivity index (χ3n) is 2.94. The average Bonchev–Trinajstić information content (AvgIpc) is 2.87. The zero-order chi connectivity index (χ0) is 15.9. The number of rotatable bonds is 2. The fourth-order valence-electron chi connectivity index (χ4n) is 1.95. The summed E-state index contributed by atoms with van der Waals surface area (Å²) in [5, 5.41) is 20.1. The van der Waals surface area contributed by atoms with Crippen molar-refractivity contribution in [3.63, 3.8) is 0 Å². The summed E-state index contributed by atoms with van der Waals surface area (Å²) in [6.45, 7) is 0. The summed E-state index contributed by atoms with van der Waals surface area (Å²) < 4.78 is 0. The van der Waals surface area contributed by atoms with Crippen LogP contribution in [0.5, 0.6) is 5.75 Å². The molecule has 0 radical (unpaired) electrons. The molecule has 0 aromatic heterocycles. The van der Waals surface area contributed by atoms with Crippen LogP contribution in [0, 0.1) is 0 Å². The summed E-state index contributed by atoms with van der Waals surface area (Å²) in [7, 11) is 4.20. The van der Waals surface area contributed by atoms with Crippen LogP contribution < -0.4 is 5.32 Å². The van der Waals surface area contributed by atoms with Crippen LogP contribution in [-0.2, 0) is 19.9 Å². The molecule has 1 heterocycles. The van der Waals surface area contributed by atoms with E-state index in [9.17, 15) is 9.90 Å². The summed E-state index contributed by atoms with van der Waals surface area (Å²) in [5.74, 6) is -0.159. The van der Waals surface area contributed by atoms with Gasteiger partial charge in [-0.3, -0.25) is 4.79 Å². The number of para-hydroxylation sites is 2. The molecule has 116 valence electrons. The van der Waals surface area contributed by atoms with Gasteiger partial charge in [0.25, 0.3) is 5.91 Å². The first-order valence-corrected chi connectivity index (χ1v) is 7.46. The normalized spacial score (nSPS) is 14.5. The van der Waals surface area contributed by atoms with Crippen LogP contribution in [0.4, 0.5) is 5.69 Å². The SMILES string of the molecule is O=C1Nc2ccccc2/C1=N/N=C/c1ccccc1O.[Cl][Cu]. The molecular formula is C15H11ClCuN3O2. The molecule has 7 heteroatoms. The zero-order valence-electron chi connectivity index (χ0n) is 11.1. The minimum atomic E-state index is -0.277. The molecule has 0 unspecified atom stereocenters. The monoisotopic (exact) mass is 363 g/mol. The van der Waals surface area contributed by atoms with E-state index in [4.69, 9.17) is 0 Å². The van der Waals surface area contributed by atoms with Crippen LogP contribution in [0.3, 0.4) is 0 Å². The second kappa shape index (κ2) is 7.75. The Morgan fingerprint density at radius 2 is 1.77 bits per heavy atom. The number of nitrogens with one attached hydrogen (secondary N) is 1. The van der Waals surface area contributed by atoms with Crippen LogP contribution in [-0.4, -0.2) is 22.9 Å². The molecule has 3 rings (SSSR count). The van der Waals surface area contributed by atoms with Crippen molar-refractivity contribution in [2.45, 2.75) is 0 Å². The number of anilines is 1. The van der Waals surface area contributed by atoms with Gasteiger partial charge in [-0.1, -0.05) is 30.3 Å². The van der Waals surface area contributed by atoms with Crippen molar-refractivity contribution < 1.29 is 25.0 Å². The van der Waals surface area contributed by atoms with Gasteiger partial charge < -0.3 is 10.4 Å². The van der Waals surface area contributed by atoms with Crippen LogP contribution in [0.25, 0.3) is 0 Å². The number of hydrogen-bond donors (Lipinski definition) is 2. The van der Waals surface area contributed by atoms with Crippen molar-refractivity contribution in [2.24, 2.45) is 10.2 Å². The van der Waals surface area contributed by atoms with Crippen molar-refractivity contribution in [2.75, 3.05) is 5.32 Å². The predicted molar refractivity (Wildman–Crippen MR) is 83.2 cm³/mol. The maximum atomic E-state index is 11.8. The third kappa shape index (κ3) is 3.54. The van der Waals surface area contributed by atoms with Gasteiger partial charge >= 0.3 is 25.2 Å². The molecule has 0 spiro atoms. The van der Waals surface area contributed by atoms with E-state index in [-0.39, 0.29) is 17.4 Å². The van der Waals surface area contributed by atoms with Crippen LogP contribution in [0.1, 0.15) is 11.1 Å². The second-order valence-corrected chi connectivity index (χ2v) is 4.25. The molecule has 22 heavy (non-hydrogen) atoms. The number of nitrogens with zero attached hydrogens (tertiary/aromatic N) is 2. The van der Waals surface area contributed by atoms with Crippen molar-refractivity contribution >= 4 is 33.6 Å². The average molecular weight is 364 g/mol. The molecule has 2 N–H and O–H groups in total. The Balaban J connectivity index is 0.000000847. The van der Waals surface area contributed by atoms with E-state index in [1.807, 2.05) is 24.3 Å². The fourth-order valence-corrected chi connectivity index (χ4v) is 1.95. The van der Waals surface area contributed by atoms with Gasteiger partial charge in [0.1, 0.15) is 5.75 Å². The van der Waals surface area contributed by atoms with E-state index in [1.54, 1.807) is 24.3 Å². The first kappa shape index (κ1) is 16.2. The molecule has 0 bridgehead atoms. The summed E-state index contributed by atoms with van der Waals surface area (Å²) >= 11 is 3.66. The number of carbonyl (C=O) groups is 1. The number of fused-ring (bicyclic) bond motifs is 1. The molecule has 1 aliphatic heterocycles. The number of aromatic hydroxyl groups is 1. The van der Waals surface area contributed by atoms with E-state index in [1.165, 1.54) is 6.21 Å². The van der Waals surface area contributed by atoms with E-state index in [0.29, 0.717) is 5.56 Å². The Hall–Kier alpha value is -2.14. The zero-order valence-corrected chi connectivity index (χ0v) is 12.8. The number of carbonyl (C=O) groups excluding carboxylic acids is 1. The molecule has 5 nitrogen and oxygen atoms in total. The van der Waals surface area contributed by atoms with Gasteiger partial charge in [-0.25, -0.2) is 0 Å². The maximum absolute atomic E-state index is 11.8. The van der Waals surface area contributed by atoms with Crippen LogP contribution in [0.15, 0.2) is 58.7 Å². The number of amides is 1. The molecule has 1 amide bonds. The Morgan fingerprint density at radius 1 is 1.09 bits per heavy atom. The van der Waals surface area contributed by atoms with Gasteiger partial charge in [-0.2, -0.15) is 5.10 Å². The number of halogens is 1. The van der Waals surface area contributed by atoms with E-state index in [2.05, 4.69) is 40.7 Å². The molecule has 0 saturated heterocycles. The van der Waals surface area contributed by atoms with Crippen molar-refractivity contribution in [3.05, 3.63) is 59.7 Å². The number of phenolic OH excluding ortho intramolecular Hbond substituents is 1. The summed E-state index contributed by atoms with van der Waals surface area (Å²) in [6.07, 6.45) is 1.41. The molecule has 2 aromatic carbocycles. The number of phenols is 1. The first-order valence-electron chi connectivity index (χ1n) is 6.17. The van der Waals surface area contributed by atoms with E-state index in [0.717, 1.165) is 11.3 Å². The molecule has 0 aliphatic carbocycles. The van der Waals surface area contributed by atoms with Gasteiger partial charge in [0, 0.05) is 11.1 Å². The molecule has 0 fully saturated rings. The van der Waals surface area contributed by atoms with Gasteiger partial charge in [0.15, 0.2) is 5.71 Å². The Kier molecular flexibility index (Phi) is 5.72. The van der Waals surface area contributed by atoms with Gasteiger partial charge in [-0.15, -0.1) is 5.10 Å². The third-order valence-corrected chi connectivity index (χ3v) is 2.94. The van der Waals surface area contributed by atoms with Crippen LogP contribution >= 0.6 is 10.1 Å². The Morgan fingerprint density at radius 3 is 2.55 bits per heavy atom. The second-order valence-electron chi connectivity index (χ2n) is 4.25.